The molecule has 0 bridgehead atoms. The van der Waals surface area contributed by atoms with Gasteiger partial charge in [-0.05, 0) is 42.3 Å². The molecule has 2 nitrogen and oxygen atoms in total. The fraction of sp³-hybridized carbons (Fsp3) is 0.143. The van der Waals surface area contributed by atoms with E-state index in [1.165, 1.54) is 0 Å². The second-order valence-corrected chi connectivity index (χ2v) is 5.41. The summed E-state index contributed by atoms with van der Waals surface area (Å²) in [6, 6.07) is 11.3. The van der Waals surface area contributed by atoms with E-state index in [1.54, 1.807) is 6.07 Å². The summed E-state index contributed by atoms with van der Waals surface area (Å²) >= 11 is 9.53. The van der Waals surface area contributed by atoms with Gasteiger partial charge in [0, 0.05) is 27.8 Å². The minimum absolute atomic E-state index is 0.292. The van der Waals surface area contributed by atoms with Crippen LogP contribution in [-0.4, -0.2) is 5.11 Å². The Morgan fingerprint density at radius 2 is 2.00 bits per heavy atom. The van der Waals surface area contributed by atoms with Crippen LogP contribution < -0.4 is 5.32 Å². The van der Waals surface area contributed by atoms with E-state index < -0.39 is 0 Å². The summed E-state index contributed by atoms with van der Waals surface area (Å²) in [5, 5.41) is 13.6. The Balaban J connectivity index is 2.11. The normalized spacial score (nSPS) is 10.4. The molecule has 0 heterocycles. The van der Waals surface area contributed by atoms with Gasteiger partial charge in [-0.2, -0.15) is 0 Å². The maximum atomic E-state index is 9.62. The maximum Gasteiger partial charge on any atom is 0.120 e. The highest BCUT2D eigenvalue weighted by Gasteiger charge is 2.02. The fourth-order valence-electron chi connectivity index (χ4n) is 1.60. The van der Waals surface area contributed by atoms with Crippen LogP contribution in [0.15, 0.2) is 40.9 Å². The number of phenols is 1. The molecule has 0 aliphatic heterocycles. The molecule has 2 N–H and O–H groups in total. The third kappa shape index (κ3) is 3.18. The molecule has 0 amide bonds. The molecule has 0 aromatic heterocycles. The summed E-state index contributed by atoms with van der Waals surface area (Å²) in [6.07, 6.45) is 0. The summed E-state index contributed by atoms with van der Waals surface area (Å²) in [5.74, 6) is 0.292. The number of aromatic hydroxyl groups is 1. The van der Waals surface area contributed by atoms with E-state index >= 15 is 0 Å². The first-order valence-corrected chi connectivity index (χ1v) is 6.71. The quantitative estimate of drug-likeness (QED) is 0.854. The minimum Gasteiger partial charge on any atom is -0.508 e. The first-order chi connectivity index (χ1) is 8.56. The highest BCUT2D eigenvalue weighted by molar-refractivity contribution is 9.10. The van der Waals surface area contributed by atoms with Crippen molar-refractivity contribution in [1.82, 2.24) is 0 Å². The molecule has 0 saturated carbocycles. The van der Waals surface area contributed by atoms with E-state index in [0.29, 0.717) is 12.3 Å². The van der Waals surface area contributed by atoms with Gasteiger partial charge in [0.1, 0.15) is 5.75 Å². The monoisotopic (exact) mass is 325 g/mol. The van der Waals surface area contributed by atoms with Gasteiger partial charge in [0.25, 0.3) is 0 Å². The lowest BCUT2D eigenvalue weighted by molar-refractivity contribution is 0.471. The van der Waals surface area contributed by atoms with Gasteiger partial charge in [0.15, 0.2) is 0 Å². The van der Waals surface area contributed by atoms with Crippen molar-refractivity contribution in [2.45, 2.75) is 13.5 Å². The van der Waals surface area contributed by atoms with E-state index in [4.69, 9.17) is 11.6 Å². The average molecular weight is 327 g/mol. The average Bonchev–Trinajstić information content (AvgIpc) is 2.34. The number of aryl methyl sites for hydroxylation is 1. The first kappa shape index (κ1) is 13.2. The second kappa shape index (κ2) is 5.63. The Bertz CT molecular complexity index is 572. The Kier molecular flexibility index (Phi) is 4.15. The van der Waals surface area contributed by atoms with Crippen molar-refractivity contribution >= 4 is 33.2 Å². The van der Waals surface area contributed by atoms with Crippen LogP contribution in [0.25, 0.3) is 0 Å². The number of hydrogen-bond acceptors (Lipinski definition) is 2. The van der Waals surface area contributed by atoms with E-state index in [-0.39, 0.29) is 0 Å². The molecule has 2 aromatic carbocycles. The van der Waals surface area contributed by atoms with E-state index in [1.807, 2.05) is 37.3 Å². The lowest BCUT2D eigenvalue weighted by atomic mass is 10.2. The van der Waals surface area contributed by atoms with E-state index in [2.05, 4.69) is 21.2 Å². The number of hydrogen-bond donors (Lipinski definition) is 2. The van der Waals surface area contributed by atoms with Crippen LogP contribution in [0.3, 0.4) is 0 Å². The number of halogens is 2. The van der Waals surface area contributed by atoms with Crippen molar-refractivity contribution < 1.29 is 5.11 Å². The van der Waals surface area contributed by atoms with Crippen molar-refractivity contribution in [1.29, 1.82) is 0 Å². The van der Waals surface area contributed by atoms with Crippen LogP contribution in [0.4, 0.5) is 5.69 Å². The summed E-state index contributed by atoms with van der Waals surface area (Å²) in [4.78, 5) is 0. The van der Waals surface area contributed by atoms with Gasteiger partial charge in [-0.3, -0.25) is 0 Å². The van der Waals surface area contributed by atoms with Crippen LogP contribution in [0.2, 0.25) is 5.02 Å². The van der Waals surface area contributed by atoms with Gasteiger partial charge >= 0.3 is 0 Å². The van der Waals surface area contributed by atoms with Gasteiger partial charge in [-0.25, -0.2) is 0 Å². The zero-order valence-corrected chi connectivity index (χ0v) is 12.2. The lowest BCUT2D eigenvalue weighted by Crippen LogP contribution is -2.00. The molecule has 2 rings (SSSR count). The van der Waals surface area contributed by atoms with Gasteiger partial charge < -0.3 is 10.4 Å². The topological polar surface area (TPSA) is 32.3 Å². The molecule has 18 heavy (non-hydrogen) atoms. The number of benzene rings is 2. The largest absolute Gasteiger partial charge is 0.508 e. The molecule has 0 spiro atoms. The SMILES string of the molecule is Cc1ccc(NCc2cc(Br)ccc2Cl)cc1O. The Hall–Kier alpha value is -1.19. The molecular formula is C14H13BrClNO. The lowest BCUT2D eigenvalue weighted by Gasteiger charge is -2.09. The predicted molar refractivity (Wildman–Crippen MR) is 79.3 cm³/mol. The number of phenolic OH excluding ortho intramolecular Hbond substituents is 1. The van der Waals surface area contributed by atoms with Crippen LogP contribution in [0, 0.1) is 6.92 Å². The molecule has 0 aliphatic carbocycles. The van der Waals surface area contributed by atoms with Crippen LogP contribution in [-0.2, 0) is 6.54 Å². The molecule has 94 valence electrons. The standard InChI is InChI=1S/C14H13BrClNO/c1-9-2-4-12(7-14(9)18)17-8-10-6-11(15)3-5-13(10)16/h2-7,17-18H,8H2,1H3. The van der Waals surface area contributed by atoms with Gasteiger partial charge in [-0.1, -0.05) is 33.6 Å². The van der Waals surface area contributed by atoms with Crippen molar-refractivity contribution in [3.05, 3.63) is 57.0 Å². The second-order valence-electron chi connectivity index (χ2n) is 4.09. The Morgan fingerprint density at radius 3 is 2.72 bits per heavy atom. The highest BCUT2D eigenvalue weighted by atomic mass is 79.9. The van der Waals surface area contributed by atoms with Gasteiger partial charge in [0.2, 0.25) is 0 Å². The molecule has 0 fully saturated rings. The van der Waals surface area contributed by atoms with Gasteiger partial charge in [-0.15, -0.1) is 0 Å². The van der Waals surface area contributed by atoms with Crippen LogP contribution in [0.1, 0.15) is 11.1 Å². The van der Waals surface area contributed by atoms with Crippen LogP contribution in [0.5, 0.6) is 5.75 Å². The molecule has 0 unspecified atom stereocenters. The third-order valence-electron chi connectivity index (χ3n) is 2.70. The van der Waals surface area contributed by atoms with Crippen LogP contribution >= 0.6 is 27.5 Å². The van der Waals surface area contributed by atoms with Crippen molar-refractivity contribution in [3.63, 3.8) is 0 Å². The zero-order valence-electron chi connectivity index (χ0n) is 9.87. The predicted octanol–water partition coefficient (Wildman–Crippen LogP) is 4.73. The molecule has 0 aliphatic rings. The van der Waals surface area contributed by atoms with Crippen molar-refractivity contribution in [2.24, 2.45) is 0 Å². The number of anilines is 1. The molecule has 0 atom stereocenters. The molecule has 4 heteroatoms. The maximum absolute atomic E-state index is 9.62. The van der Waals surface area contributed by atoms with Crippen molar-refractivity contribution in [2.75, 3.05) is 5.32 Å². The summed E-state index contributed by atoms with van der Waals surface area (Å²) < 4.78 is 0.996. The Morgan fingerprint density at radius 1 is 1.22 bits per heavy atom. The fourth-order valence-corrected chi connectivity index (χ4v) is 2.19. The van der Waals surface area contributed by atoms with E-state index in [0.717, 1.165) is 26.3 Å². The smallest absolute Gasteiger partial charge is 0.120 e. The van der Waals surface area contributed by atoms with E-state index in [9.17, 15) is 5.11 Å². The zero-order chi connectivity index (χ0) is 13.1. The number of nitrogens with one attached hydrogen (secondary N) is 1. The first-order valence-electron chi connectivity index (χ1n) is 5.53. The Labute approximate surface area is 120 Å². The van der Waals surface area contributed by atoms with Gasteiger partial charge in [0.05, 0.1) is 0 Å². The highest BCUT2D eigenvalue weighted by Crippen LogP contribution is 2.24. The molecule has 2 aromatic rings. The third-order valence-corrected chi connectivity index (χ3v) is 3.56. The minimum atomic E-state index is 0.292. The van der Waals surface area contributed by atoms with Crippen molar-refractivity contribution in [3.8, 4) is 5.75 Å². The summed E-state index contributed by atoms with van der Waals surface area (Å²) in [5.41, 5.74) is 2.74. The summed E-state index contributed by atoms with van der Waals surface area (Å²) in [7, 11) is 0. The summed E-state index contributed by atoms with van der Waals surface area (Å²) in [6.45, 7) is 2.48. The molecular weight excluding hydrogens is 314 g/mol. The molecule has 0 radical (unpaired) electrons. The number of rotatable bonds is 3. The molecule has 0 saturated heterocycles.